The molecule has 5 heteroatoms. The predicted octanol–water partition coefficient (Wildman–Crippen LogP) is 5.03. The molecule has 5 rings (SSSR count). The standard InChI is InChI=1S/C26H22O5/c27-19-8-4-10-21-24(19)23(25-20(28)9-5-11-22(25)31-21)16-12-14-18(15-13-16)30-26(29)17-6-2-1-3-7-17/h1-3,6-7,12-15,23H,4-5,8-11H2. The van der Waals surface area contributed by atoms with Crippen LogP contribution in [0.25, 0.3) is 0 Å². The number of hydrogen-bond acceptors (Lipinski definition) is 5. The van der Waals surface area contributed by atoms with E-state index in [9.17, 15) is 14.4 Å². The van der Waals surface area contributed by atoms with Crippen molar-refractivity contribution in [2.24, 2.45) is 0 Å². The van der Waals surface area contributed by atoms with Crippen LogP contribution in [0.15, 0.2) is 77.3 Å². The van der Waals surface area contributed by atoms with Crippen LogP contribution in [0, 0.1) is 0 Å². The average Bonchev–Trinajstić information content (AvgIpc) is 2.79. The zero-order valence-electron chi connectivity index (χ0n) is 17.1. The van der Waals surface area contributed by atoms with Crippen LogP contribution in [0.5, 0.6) is 5.75 Å². The molecular weight excluding hydrogens is 392 g/mol. The van der Waals surface area contributed by atoms with E-state index in [0.29, 0.717) is 46.8 Å². The SMILES string of the molecule is O=C1CCCC2=C1C(c1ccc(OC(=O)c3ccccc3)cc1)C1=C(CCCC1=O)O2. The summed E-state index contributed by atoms with van der Waals surface area (Å²) in [6, 6.07) is 15.9. The summed E-state index contributed by atoms with van der Waals surface area (Å²) >= 11 is 0. The van der Waals surface area contributed by atoms with Crippen molar-refractivity contribution in [3.05, 3.63) is 88.4 Å². The van der Waals surface area contributed by atoms with Crippen molar-refractivity contribution in [1.29, 1.82) is 0 Å². The van der Waals surface area contributed by atoms with Gasteiger partial charge in [0.15, 0.2) is 11.6 Å². The van der Waals surface area contributed by atoms with E-state index in [1.165, 1.54) is 0 Å². The van der Waals surface area contributed by atoms with E-state index >= 15 is 0 Å². The minimum atomic E-state index is -0.431. The van der Waals surface area contributed by atoms with Crippen LogP contribution < -0.4 is 4.74 Å². The fraction of sp³-hybridized carbons (Fsp3) is 0.269. The van der Waals surface area contributed by atoms with Gasteiger partial charge in [-0.25, -0.2) is 4.79 Å². The highest BCUT2D eigenvalue weighted by Crippen LogP contribution is 2.47. The Bertz CT molecular complexity index is 1080. The summed E-state index contributed by atoms with van der Waals surface area (Å²) in [7, 11) is 0. The third kappa shape index (κ3) is 3.61. The fourth-order valence-electron chi connectivity index (χ4n) is 4.62. The molecule has 0 unspecified atom stereocenters. The fourth-order valence-corrected chi connectivity index (χ4v) is 4.62. The highest BCUT2D eigenvalue weighted by Gasteiger charge is 2.41. The van der Waals surface area contributed by atoms with E-state index in [1.807, 2.05) is 18.2 Å². The number of carbonyl (C=O) groups is 3. The monoisotopic (exact) mass is 414 g/mol. The van der Waals surface area contributed by atoms with E-state index in [4.69, 9.17) is 9.47 Å². The Labute approximate surface area is 180 Å². The Kier molecular flexibility index (Phi) is 5.02. The average molecular weight is 414 g/mol. The van der Waals surface area contributed by atoms with E-state index < -0.39 is 11.9 Å². The normalized spacial score (nSPS) is 19.0. The summed E-state index contributed by atoms with van der Waals surface area (Å²) < 4.78 is 11.5. The van der Waals surface area contributed by atoms with Crippen LogP contribution in [0.4, 0.5) is 0 Å². The summed E-state index contributed by atoms with van der Waals surface area (Å²) in [5.41, 5.74) is 2.55. The van der Waals surface area contributed by atoms with Crippen molar-refractivity contribution < 1.29 is 23.9 Å². The molecule has 0 saturated heterocycles. The van der Waals surface area contributed by atoms with Crippen LogP contribution in [0.2, 0.25) is 0 Å². The molecule has 3 aliphatic rings. The molecule has 0 saturated carbocycles. The van der Waals surface area contributed by atoms with Gasteiger partial charge in [-0.3, -0.25) is 9.59 Å². The largest absolute Gasteiger partial charge is 0.465 e. The number of benzene rings is 2. The van der Waals surface area contributed by atoms with Gasteiger partial charge in [0.1, 0.15) is 17.3 Å². The van der Waals surface area contributed by atoms with Gasteiger partial charge in [-0.1, -0.05) is 30.3 Å². The third-order valence-electron chi connectivity index (χ3n) is 6.07. The number of carbonyl (C=O) groups excluding carboxylic acids is 3. The molecule has 0 fully saturated rings. The Balaban J connectivity index is 1.48. The molecule has 0 bridgehead atoms. The molecule has 156 valence electrons. The minimum Gasteiger partial charge on any atom is -0.465 e. The van der Waals surface area contributed by atoms with Crippen molar-refractivity contribution in [3.8, 4) is 5.75 Å². The summed E-state index contributed by atoms with van der Waals surface area (Å²) in [4.78, 5) is 38.0. The van der Waals surface area contributed by atoms with Crippen molar-refractivity contribution in [2.75, 3.05) is 0 Å². The van der Waals surface area contributed by atoms with Crippen molar-refractivity contribution in [1.82, 2.24) is 0 Å². The highest BCUT2D eigenvalue weighted by atomic mass is 16.5. The van der Waals surface area contributed by atoms with Gasteiger partial charge in [-0.2, -0.15) is 0 Å². The van der Waals surface area contributed by atoms with E-state index in [0.717, 1.165) is 31.2 Å². The van der Waals surface area contributed by atoms with E-state index in [1.54, 1.807) is 36.4 Å². The number of ketones is 2. The predicted molar refractivity (Wildman–Crippen MR) is 113 cm³/mol. The molecule has 0 radical (unpaired) electrons. The molecule has 1 aliphatic heterocycles. The van der Waals surface area contributed by atoms with Crippen LogP contribution in [0.1, 0.15) is 60.4 Å². The Hall–Kier alpha value is -3.47. The molecular formula is C26H22O5. The lowest BCUT2D eigenvalue weighted by molar-refractivity contribution is -0.117. The smallest absolute Gasteiger partial charge is 0.343 e. The van der Waals surface area contributed by atoms with Crippen molar-refractivity contribution in [3.63, 3.8) is 0 Å². The Morgan fingerprint density at radius 2 is 1.35 bits per heavy atom. The molecule has 0 atom stereocenters. The molecule has 2 aromatic rings. The summed E-state index contributed by atoms with van der Waals surface area (Å²) in [5, 5.41) is 0. The Morgan fingerprint density at radius 1 is 0.774 bits per heavy atom. The summed E-state index contributed by atoms with van der Waals surface area (Å²) in [6.45, 7) is 0. The first-order valence-electron chi connectivity index (χ1n) is 10.7. The molecule has 0 aromatic heterocycles. The first-order chi connectivity index (χ1) is 15.1. The molecule has 5 nitrogen and oxygen atoms in total. The number of ether oxygens (including phenoxy) is 2. The maximum Gasteiger partial charge on any atom is 0.343 e. The lowest BCUT2D eigenvalue weighted by Crippen LogP contribution is -2.30. The highest BCUT2D eigenvalue weighted by molar-refractivity contribution is 6.05. The van der Waals surface area contributed by atoms with E-state index in [-0.39, 0.29) is 11.6 Å². The van der Waals surface area contributed by atoms with E-state index in [2.05, 4.69) is 0 Å². The Morgan fingerprint density at radius 3 is 1.94 bits per heavy atom. The lowest BCUT2D eigenvalue weighted by Gasteiger charge is -2.36. The number of Topliss-reactive ketones (excluding diaryl/α,β-unsaturated/α-hetero) is 2. The zero-order valence-corrected chi connectivity index (χ0v) is 17.1. The quantitative estimate of drug-likeness (QED) is 0.520. The van der Waals surface area contributed by atoms with Gasteiger partial charge in [0.05, 0.1) is 5.56 Å². The van der Waals surface area contributed by atoms with Crippen molar-refractivity contribution in [2.45, 2.75) is 44.4 Å². The van der Waals surface area contributed by atoms with Gasteiger partial charge in [0.2, 0.25) is 0 Å². The van der Waals surface area contributed by atoms with Gasteiger partial charge in [0, 0.05) is 42.7 Å². The second-order valence-electron chi connectivity index (χ2n) is 8.09. The van der Waals surface area contributed by atoms with Gasteiger partial charge in [-0.05, 0) is 42.7 Å². The number of allylic oxidation sites excluding steroid dienone is 4. The first-order valence-corrected chi connectivity index (χ1v) is 10.7. The number of rotatable bonds is 3. The molecule has 31 heavy (non-hydrogen) atoms. The van der Waals surface area contributed by atoms with Gasteiger partial charge in [-0.15, -0.1) is 0 Å². The second kappa shape index (κ2) is 7.99. The third-order valence-corrected chi connectivity index (χ3v) is 6.07. The van der Waals surface area contributed by atoms with Crippen LogP contribution in [0.3, 0.4) is 0 Å². The molecule has 0 spiro atoms. The molecule has 2 aromatic carbocycles. The lowest BCUT2D eigenvalue weighted by atomic mass is 9.73. The number of hydrogen-bond donors (Lipinski definition) is 0. The maximum atomic E-state index is 12.8. The molecule has 2 aliphatic carbocycles. The van der Waals surface area contributed by atoms with Gasteiger partial charge in [0.25, 0.3) is 0 Å². The zero-order chi connectivity index (χ0) is 21.4. The first kappa shape index (κ1) is 19.5. The van der Waals surface area contributed by atoms with Crippen molar-refractivity contribution >= 4 is 17.5 Å². The molecule has 0 N–H and O–H groups in total. The summed E-state index contributed by atoms with van der Waals surface area (Å²) in [5.74, 6) is 1.12. The topological polar surface area (TPSA) is 69.7 Å². The maximum absolute atomic E-state index is 12.8. The van der Waals surface area contributed by atoms with Crippen LogP contribution in [-0.2, 0) is 14.3 Å². The minimum absolute atomic E-state index is 0.0516. The van der Waals surface area contributed by atoms with Crippen LogP contribution in [-0.4, -0.2) is 17.5 Å². The van der Waals surface area contributed by atoms with Gasteiger partial charge < -0.3 is 9.47 Å². The molecule has 1 heterocycles. The number of esters is 1. The second-order valence-corrected chi connectivity index (χ2v) is 8.09. The van der Waals surface area contributed by atoms with Gasteiger partial charge >= 0.3 is 5.97 Å². The molecule has 0 amide bonds. The van der Waals surface area contributed by atoms with Crippen LogP contribution >= 0.6 is 0 Å². The summed E-state index contributed by atoms with van der Waals surface area (Å²) in [6.07, 6.45) is 3.93.